The van der Waals surface area contributed by atoms with E-state index in [1.807, 2.05) is 0 Å². The first-order chi connectivity index (χ1) is 9.02. The summed E-state index contributed by atoms with van der Waals surface area (Å²) < 4.78 is 0. The molecule has 3 N–H and O–H groups in total. The van der Waals surface area contributed by atoms with Gasteiger partial charge in [-0.2, -0.15) is 0 Å². The Kier molecular flexibility index (Phi) is 4.64. The zero-order chi connectivity index (χ0) is 13.9. The van der Waals surface area contributed by atoms with Gasteiger partial charge in [-0.05, 0) is 36.3 Å². The standard InChI is InChI=1S/C17H28N2/c1-17(2,3)16(13-8-5-4-6-9-13)19-15-11-7-10-14(15)12-18/h4-6,8-9,14-16,19H,7,10-12,18H2,1-3H3. The molecule has 19 heavy (non-hydrogen) atoms. The second-order valence-corrected chi connectivity index (χ2v) is 6.91. The first kappa shape index (κ1) is 14.5. The van der Waals surface area contributed by atoms with Crippen molar-refractivity contribution in [1.82, 2.24) is 5.32 Å². The normalized spacial score (nSPS) is 25.5. The van der Waals surface area contributed by atoms with Gasteiger partial charge in [-0.3, -0.25) is 0 Å². The monoisotopic (exact) mass is 260 g/mol. The lowest BCUT2D eigenvalue weighted by Gasteiger charge is -2.36. The fraction of sp³-hybridized carbons (Fsp3) is 0.647. The quantitative estimate of drug-likeness (QED) is 0.869. The van der Waals surface area contributed by atoms with Crippen LogP contribution in [-0.2, 0) is 0 Å². The summed E-state index contributed by atoms with van der Waals surface area (Å²) in [6, 6.07) is 11.8. The molecule has 1 aliphatic rings. The molecule has 0 radical (unpaired) electrons. The fourth-order valence-corrected chi connectivity index (χ4v) is 3.24. The van der Waals surface area contributed by atoms with Crippen LogP contribution in [0.3, 0.4) is 0 Å². The van der Waals surface area contributed by atoms with Crippen LogP contribution < -0.4 is 11.1 Å². The van der Waals surface area contributed by atoms with Gasteiger partial charge in [0, 0.05) is 12.1 Å². The summed E-state index contributed by atoms with van der Waals surface area (Å²) in [7, 11) is 0. The van der Waals surface area contributed by atoms with Crippen molar-refractivity contribution in [3.63, 3.8) is 0 Å². The summed E-state index contributed by atoms with van der Waals surface area (Å²) in [5.74, 6) is 0.647. The lowest BCUT2D eigenvalue weighted by atomic mass is 9.81. The second kappa shape index (κ2) is 6.06. The van der Waals surface area contributed by atoms with Gasteiger partial charge in [0.15, 0.2) is 0 Å². The molecule has 2 heteroatoms. The molecule has 0 aromatic heterocycles. The second-order valence-electron chi connectivity index (χ2n) is 6.91. The van der Waals surface area contributed by atoms with E-state index in [9.17, 15) is 0 Å². The molecule has 1 aliphatic carbocycles. The minimum absolute atomic E-state index is 0.211. The van der Waals surface area contributed by atoms with Crippen LogP contribution >= 0.6 is 0 Å². The third-order valence-corrected chi connectivity index (χ3v) is 4.34. The molecule has 0 spiro atoms. The molecular weight excluding hydrogens is 232 g/mol. The molecule has 0 amide bonds. The minimum Gasteiger partial charge on any atom is -0.330 e. The van der Waals surface area contributed by atoms with Gasteiger partial charge >= 0.3 is 0 Å². The SMILES string of the molecule is CC(C)(C)C(NC1CCCC1CN)c1ccccc1. The molecule has 1 fully saturated rings. The van der Waals surface area contributed by atoms with Crippen molar-refractivity contribution in [3.8, 4) is 0 Å². The molecule has 0 heterocycles. The Bertz CT molecular complexity index is 380. The molecule has 1 aromatic rings. The van der Waals surface area contributed by atoms with E-state index in [0.29, 0.717) is 18.0 Å². The number of benzene rings is 1. The van der Waals surface area contributed by atoms with Crippen molar-refractivity contribution < 1.29 is 0 Å². The molecule has 3 atom stereocenters. The van der Waals surface area contributed by atoms with E-state index in [1.165, 1.54) is 24.8 Å². The lowest BCUT2D eigenvalue weighted by Crippen LogP contribution is -2.42. The maximum Gasteiger partial charge on any atom is 0.0371 e. The number of hydrogen-bond donors (Lipinski definition) is 2. The molecule has 0 aliphatic heterocycles. The Hall–Kier alpha value is -0.860. The first-order valence-corrected chi connectivity index (χ1v) is 7.53. The molecule has 2 rings (SSSR count). The average Bonchev–Trinajstić information content (AvgIpc) is 2.83. The maximum atomic E-state index is 5.91. The van der Waals surface area contributed by atoms with E-state index in [0.717, 1.165) is 6.54 Å². The van der Waals surface area contributed by atoms with Crippen LogP contribution in [0, 0.1) is 11.3 Å². The highest BCUT2D eigenvalue weighted by Gasteiger charge is 2.33. The van der Waals surface area contributed by atoms with Gasteiger partial charge in [-0.15, -0.1) is 0 Å². The molecule has 0 saturated heterocycles. The zero-order valence-corrected chi connectivity index (χ0v) is 12.5. The Morgan fingerprint density at radius 3 is 2.47 bits per heavy atom. The average molecular weight is 260 g/mol. The molecular formula is C17H28N2. The number of nitrogens with one attached hydrogen (secondary N) is 1. The van der Waals surface area contributed by atoms with E-state index in [-0.39, 0.29) is 5.41 Å². The smallest absolute Gasteiger partial charge is 0.0371 e. The third kappa shape index (κ3) is 3.58. The van der Waals surface area contributed by atoms with Crippen LogP contribution in [0.2, 0.25) is 0 Å². The Morgan fingerprint density at radius 1 is 1.21 bits per heavy atom. The van der Waals surface area contributed by atoms with Gasteiger partial charge in [-0.25, -0.2) is 0 Å². The summed E-state index contributed by atoms with van der Waals surface area (Å²) in [6.07, 6.45) is 3.85. The van der Waals surface area contributed by atoms with Crippen molar-refractivity contribution in [2.24, 2.45) is 17.1 Å². The van der Waals surface area contributed by atoms with Gasteiger partial charge < -0.3 is 11.1 Å². The highest BCUT2D eigenvalue weighted by Crippen LogP contribution is 2.36. The molecule has 0 bridgehead atoms. The number of nitrogens with two attached hydrogens (primary N) is 1. The van der Waals surface area contributed by atoms with Crippen molar-refractivity contribution in [1.29, 1.82) is 0 Å². The molecule has 2 nitrogen and oxygen atoms in total. The van der Waals surface area contributed by atoms with Crippen LogP contribution in [0.4, 0.5) is 0 Å². The summed E-state index contributed by atoms with van der Waals surface area (Å²) in [5.41, 5.74) is 7.51. The summed E-state index contributed by atoms with van der Waals surface area (Å²) >= 11 is 0. The number of hydrogen-bond acceptors (Lipinski definition) is 2. The van der Waals surface area contributed by atoms with Crippen LogP contribution in [-0.4, -0.2) is 12.6 Å². The van der Waals surface area contributed by atoms with E-state index in [4.69, 9.17) is 5.73 Å². The van der Waals surface area contributed by atoms with Crippen molar-refractivity contribution in [2.45, 2.75) is 52.1 Å². The van der Waals surface area contributed by atoms with Gasteiger partial charge in [0.25, 0.3) is 0 Å². The van der Waals surface area contributed by atoms with Crippen LogP contribution in [0.15, 0.2) is 30.3 Å². The van der Waals surface area contributed by atoms with E-state index >= 15 is 0 Å². The Labute approximate surface area is 117 Å². The van der Waals surface area contributed by atoms with Gasteiger partial charge in [0.2, 0.25) is 0 Å². The summed E-state index contributed by atoms with van der Waals surface area (Å²) in [4.78, 5) is 0. The molecule has 106 valence electrons. The summed E-state index contributed by atoms with van der Waals surface area (Å²) in [6.45, 7) is 7.74. The maximum absolute atomic E-state index is 5.91. The van der Waals surface area contributed by atoms with Gasteiger partial charge in [0.1, 0.15) is 0 Å². The lowest BCUT2D eigenvalue weighted by molar-refractivity contribution is 0.231. The topological polar surface area (TPSA) is 38.0 Å². The highest BCUT2D eigenvalue weighted by molar-refractivity contribution is 5.21. The highest BCUT2D eigenvalue weighted by atomic mass is 15.0. The van der Waals surface area contributed by atoms with Crippen molar-refractivity contribution in [3.05, 3.63) is 35.9 Å². The Morgan fingerprint density at radius 2 is 1.89 bits per heavy atom. The van der Waals surface area contributed by atoms with Gasteiger partial charge in [0.05, 0.1) is 0 Å². The van der Waals surface area contributed by atoms with Crippen LogP contribution in [0.25, 0.3) is 0 Å². The van der Waals surface area contributed by atoms with E-state index < -0.39 is 0 Å². The summed E-state index contributed by atoms with van der Waals surface area (Å²) in [5, 5.41) is 3.89. The number of rotatable bonds is 4. The van der Waals surface area contributed by atoms with Gasteiger partial charge in [-0.1, -0.05) is 57.5 Å². The molecule has 3 unspecified atom stereocenters. The van der Waals surface area contributed by atoms with Crippen molar-refractivity contribution >= 4 is 0 Å². The third-order valence-electron chi connectivity index (χ3n) is 4.34. The largest absolute Gasteiger partial charge is 0.330 e. The van der Waals surface area contributed by atoms with Crippen LogP contribution in [0.1, 0.15) is 51.6 Å². The first-order valence-electron chi connectivity index (χ1n) is 7.53. The molecule has 1 aromatic carbocycles. The van der Waals surface area contributed by atoms with E-state index in [2.05, 4.69) is 56.4 Å². The minimum atomic E-state index is 0.211. The fourth-order valence-electron chi connectivity index (χ4n) is 3.24. The van der Waals surface area contributed by atoms with Crippen LogP contribution in [0.5, 0.6) is 0 Å². The molecule has 1 saturated carbocycles. The van der Waals surface area contributed by atoms with E-state index in [1.54, 1.807) is 0 Å². The zero-order valence-electron chi connectivity index (χ0n) is 12.5. The Balaban J connectivity index is 2.16. The predicted octanol–water partition coefficient (Wildman–Crippen LogP) is 3.49. The predicted molar refractivity (Wildman–Crippen MR) is 82.0 cm³/mol. The van der Waals surface area contributed by atoms with Crippen molar-refractivity contribution in [2.75, 3.05) is 6.54 Å².